The Labute approximate surface area is 101 Å². The lowest BCUT2D eigenvalue weighted by atomic mass is 10.2. The van der Waals surface area contributed by atoms with Crippen molar-refractivity contribution in [1.29, 1.82) is 0 Å². The minimum atomic E-state index is -0.486. The molecule has 0 saturated carbocycles. The van der Waals surface area contributed by atoms with E-state index in [1.807, 2.05) is 18.2 Å². The second-order valence-corrected chi connectivity index (χ2v) is 3.96. The van der Waals surface area contributed by atoms with Gasteiger partial charge in [-0.15, -0.1) is 0 Å². The molecule has 16 heavy (non-hydrogen) atoms. The second-order valence-electron chi connectivity index (χ2n) is 3.14. The van der Waals surface area contributed by atoms with E-state index in [2.05, 4.69) is 25.9 Å². The van der Waals surface area contributed by atoms with Gasteiger partial charge in [0.25, 0.3) is 0 Å². The Hall–Kier alpha value is -1.75. The van der Waals surface area contributed by atoms with Crippen molar-refractivity contribution in [1.82, 2.24) is 9.97 Å². The lowest BCUT2D eigenvalue weighted by Crippen LogP contribution is -2.11. The lowest BCUT2D eigenvalue weighted by Gasteiger charge is -2.02. The first-order valence-electron chi connectivity index (χ1n) is 4.55. The van der Waals surface area contributed by atoms with Crippen molar-refractivity contribution in [3.63, 3.8) is 0 Å². The summed E-state index contributed by atoms with van der Waals surface area (Å²) < 4.78 is 0.560. The van der Waals surface area contributed by atoms with Crippen molar-refractivity contribution < 1.29 is 4.79 Å². The summed E-state index contributed by atoms with van der Waals surface area (Å²) in [5, 5.41) is 0. The first kappa shape index (κ1) is 10.8. The monoisotopic (exact) mass is 277 g/mol. The molecule has 4 nitrogen and oxygen atoms in total. The number of pyridine rings is 2. The molecule has 0 saturated heterocycles. The maximum absolute atomic E-state index is 11.1. The molecular weight excluding hydrogens is 270 g/mol. The molecule has 2 heterocycles. The van der Waals surface area contributed by atoms with Crippen LogP contribution in [-0.2, 0) is 0 Å². The molecule has 0 bridgehead atoms. The van der Waals surface area contributed by atoms with E-state index in [0.29, 0.717) is 21.6 Å². The van der Waals surface area contributed by atoms with Crippen LogP contribution < -0.4 is 5.73 Å². The Balaban J connectivity index is 2.54. The molecule has 1 amide bonds. The summed E-state index contributed by atoms with van der Waals surface area (Å²) in [5.41, 5.74) is 6.94. The van der Waals surface area contributed by atoms with Gasteiger partial charge in [0.05, 0.1) is 11.4 Å². The zero-order chi connectivity index (χ0) is 11.5. The van der Waals surface area contributed by atoms with E-state index in [1.165, 1.54) is 0 Å². The topological polar surface area (TPSA) is 68.9 Å². The highest BCUT2D eigenvalue weighted by Crippen LogP contribution is 2.19. The zero-order valence-corrected chi connectivity index (χ0v) is 9.81. The van der Waals surface area contributed by atoms with Crippen LogP contribution in [0.5, 0.6) is 0 Å². The Morgan fingerprint density at radius 2 is 2.06 bits per heavy atom. The quantitative estimate of drug-likeness (QED) is 0.854. The van der Waals surface area contributed by atoms with Crippen LogP contribution in [0.3, 0.4) is 0 Å². The number of carbonyl (C=O) groups is 1. The minimum Gasteiger partial charge on any atom is -0.366 e. The minimum absolute atomic E-state index is 0.405. The standard InChI is InChI=1S/C11H8BrN3O/c12-10-6-7(11(13)16)5-9(15-10)8-3-1-2-4-14-8/h1-6H,(H2,13,16). The van der Waals surface area contributed by atoms with Crippen LogP contribution in [0.4, 0.5) is 0 Å². The number of halogens is 1. The molecule has 5 heteroatoms. The highest BCUT2D eigenvalue weighted by Gasteiger charge is 2.07. The molecule has 80 valence electrons. The largest absolute Gasteiger partial charge is 0.366 e. The molecule has 2 rings (SSSR count). The maximum atomic E-state index is 11.1. The van der Waals surface area contributed by atoms with Crippen LogP contribution in [0, 0.1) is 0 Å². The Bertz CT molecular complexity index is 528. The molecule has 0 aliphatic carbocycles. The van der Waals surface area contributed by atoms with Crippen molar-refractivity contribution in [2.45, 2.75) is 0 Å². The number of aromatic nitrogens is 2. The number of nitrogens with zero attached hydrogens (tertiary/aromatic N) is 2. The SMILES string of the molecule is NC(=O)c1cc(Br)nc(-c2ccccn2)c1. The van der Waals surface area contributed by atoms with E-state index in [4.69, 9.17) is 5.73 Å². The maximum Gasteiger partial charge on any atom is 0.248 e. The first-order chi connectivity index (χ1) is 7.66. The smallest absolute Gasteiger partial charge is 0.248 e. The number of rotatable bonds is 2. The summed E-state index contributed by atoms with van der Waals surface area (Å²) in [4.78, 5) is 19.5. The van der Waals surface area contributed by atoms with E-state index >= 15 is 0 Å². The van der Waals surface area contributed by atoms with E-state index < -0.39 is 5.91 Å². The fourth-order valence-corrected chi connectivity index (χ4v) is 1.72. The highest BCUT2D eigenvalue weighted by atomic mass is 79.9. The molecule has 0 unspecified atom stereocenters. The van der Waals surface area contributed by atoms with Crippen LogP contribution in [-0.4, -0.2) is 15.9 Å². The molecule has 0 atom stereocenters. The van der Waals surface area contributed by atoms with Crippen molar-refractivity contribution in [2.75, 3.05) is 0 Å². The lowest BCUT2D eigenvalue weighted by molar-refractivity contribution is 0.1000. The summed E-state index contributed by atoms with van der Waals surface area (Å²) in [7, 11) is 0. The predicted molar refractivity (Wildman–Crippen MR) is 63.7 cm³/mol. The summed E-state index contributed by atoms with van der Waals surface area (Å²) in [6, 6.07) is 8.69. The number of hydrogen-bond acceptors (Lipinski definition) is 3. The third kappa shape index (κ3) is 2.25. The van der Waals surface area contributed by atoms with Gasteiger partial charge in [-0.05, 0) is 40.2 Å². The fraction of sp³-hybridized carbons (Fsp3) is 0. The van der Waals surface area contributed by atoms with Gasteiger partial charge in [-0.3, -0.25) is 9.78 Å². The van der Waals surface area contributed by atoms with Crippen molar-refractivity contribution in [2.24, 2.45) is 5.73 Å². The third-order valence-electron chi connectivity index (χ3n) is 2.01. The summed E-state index contributed by atoms with van der Waals surface area (Å²) in [6.07, 6.45) is 1.67. The average molecular weight is 278 g/mol. The second kappa shape index (κ2) is 4.40. The number of amides is 1. The molecule has 0 aliphatic rings. The molecular formula is C11H8BrN3O. The van der Waals surface area contributed by atoms with Crippen molar-refractivity contribution in [3.05, 3.63) is 46.7 Å². The zero-order valence-electron chi connectivity index (χ0n) is 8.22. The van der Waals surface area contributed by atoms with E-state index in [-0.39, 0.29) is 0 Å². The van der Waals surface area contributed by atoms with Gasteiger partial charge < -0.3 is 5.73 Å². The van der Waals surface area contributed by atoms with Gasteiger partial charge in [-0.2, -0.15) is 0 Å². The van der Waals surface area contributed by atoms with Gasteiger partial charge in [-0.25, -0.2) is 4.98 Å². The average Bonchev–Trinajstić information content (AvgIpc) is 2.29. The van der Waals surface area contributed by atoms with Crippen LogP contribution in [0.2, 0.25) is 0 Å². The molecule has 2 aromatic rings. The van der Waals surface area contributed by atoms with Crippen LogP contribution in [0.15, 0.2) is 41.1 Å². The molecule has 2 aromatic heterocycles. The van der Waals surface area contributed by atoms with Crippen LogP contribution in [0.25, 0.3) is 11.4 Å². The molecule has 0 fully saturated rings. The highest BCUT2D eigenvalue weighted by molar-refractivity contribution is 9.10. The Morgan fingerprint density at radius 3 is 2.69 bits per heavy atom. The first-order valence-corrected chi connectivity index (χ1v) is 5.35. The van der Waals surface area contributed by atoms with E-state index in [1.54, 1.807) is 18.3 Å². The number of hydrogen-bond donors (Lipinski definition) is 1. The third-order valence-corrected chi connectivity index (χ3v) is 2.41. The normalized spacial score (nSPS) is 10.1. The van der Waals surface area contributed by atoms with E-state index in [9.17, 15) is 4.79 Å². The van der Waals surface area contributed by atoms with Gasteiger partial charge in [0, 0.05) is 11.8 Å². The van der Waals surface area contributed by atoms with Crippen molar-refractivity contribution >= 4 is 21.8 Å². The number of primary amides is 1. The molecule has 0 aliphatic heterocycles. The van der Waals surface area contributed by atoms with E-state index in [0.717, 1.165) is 0 Å². The Kier molecular flexibility index (Phi) is 2.96. The summed E-state index contributed by atoms with van der Waals surface area (Å²) in [6.45, 7) is 0. The fourth-order valence-electron chi connectivity index (χ4n) is 1.28. The summed E-state index contributed by atoms with van der Waals surface area (Å²) in [5.74, 6) is -0.486. The number of nitrogens with two attached hydrogens (primary N) is 1. The van der Waals surface area contributed by atoms with Gasteiger partial charge in [0.1, 0.15) is 4.60 Å². The number of carbonyl (C=O) groups excluding carboxylic acids is 1. The predicted octanol–water partition coefficient (Wildman–Crippen LogP) is 2.00. The van der Waals surface area contributed by atoms with Gasteiger partial charge >= 0.3 is 0 Å². The van der Waals surface area contributed by atoms with Crippen molar-refractivity contribution in [3.8, 4) is 11.4 Å². The van der Waals surface area contributed by atoms with Crippen LogP contribution >= 0.6 is 15.9 Å². The Morgan fingerprint density at radius 1 is 1.25 bits per heavy atom. The molecule has 0 radical (unpaired) electrons. The van der Waals surface area contributed by atoms with Gasteiger partial charge in [0.2, 0.25) is 5.91 Å². The molecule has 0 spiro atoms. The van der Waals surface area contributed by atoms with Gasteiger partial charge in [-0.1, -0.05) is 6.07 Å². The molecule has 0 aromatic carbocycles. The molecule has 2 N–H and O–H groups in total. The van der Waals surface area contributed by atoms with Gasteiger partial charge in [0.15, 0.2) is 0 Å². The van der Waals surface area contributed by atoms with Crippen LogP contribution in [0.1, 0.15) is 10.4 Å². The summed E-state index contributed by atoms with van der Waals surface area (Å²) >= 11 is 3.23.